The Morgan fingerprint density at radius 1 is 1.52 bits per heavy atom. The first-order valence-electron chi connectivity index (χ1n) is 7.16. The van der Waals surface area contributed by atoms with Crippen LogP contribution in [-0.2, 0) is 6.42 Å². The average molecular weight is 287 g/mol. The van der Waals surface area contributed by atoms with Crippen LogP contribution in [0.4, 0.5) is 4.39 Å². The van der Waals surface area contributed by atoms with Crippen molar-refractivity contribution in [1.82, 2.24) is 15.1 Å². The summed E-state index contributed by atoms with van der Waals surface area (Å²) >= 11 is 0. The van der Waals surface area contributed by atoms with Crippen LogP contribution in [-0.4, -0.2) is 34.1 Å². The highest BCUT2D eigenvalue weighted by Gasteiger charge is 2.27. The van der Waals surface area contributed by atoms with Crippen LogP contribution in [0.5, 0.6) is 0 Å². The van der Waals surface area contributed by atoms with E-state index in [0.717, 1.165) is 31.5 Å². The zero-order valence-electron chi connectivity index (χ0n) is 12.0. The fourth-order valence-corrected chi connectivity index (χ4v) is 2.83. The lowest BCUT2D eigenvalue weighted by Gasteiger charge is -2.15. The van der Waals surface area contributed by atoms with Crippen LogP contribution >= 0.6 is 0 Å². The van der Waals surface area contributed by atoms with E-state index in [2.05, 4.69) is 10.2 Å². The minimum atomic E-state index is -0.156. The second-order valence-electron chi connectivity index (χ2n) is 5.68. The van der Waals surface area contributed by atoms with E-state index in [4.69, 9.17) is 0 Å². The number of benzene rings is 1. The summed E-state index contributed by atoms with van der Waals surface area (Å²) in [5.41, 5.74) is 2.26. The number of nitrogens with zero attached hydrogens (tertiary/aromatic N) is 2. The Balaban J connectivity index is 1.62. The number of amides is 1. The number of aromatic amines is 1. The van der Waals surface area contributed by atoms with Crippen molar-refractivity contribution in [1.29, 1.82) is 0 Å². The van der Waals surface area contributed by atoms with E-state index in [1.807, 2.05) is 17.0 Å². The number of aromatic nitrogens is 2. The van der Waals surface area contributed by atoms with Gasteiger partial charge in [0.25, 0.3) is 5.91 Å². The van der Waals surface area contributed by atoms with E-state index in [0.29, 0.717) is 17.0 Å². The van der Waals surface area contributed by atoms with Gasteiger partial charge in [0.15, 0.2) is 0 Å². The highest BCUT2D eigenvalue weighted by atomic mass is 19.1. The number of hydrogen-bond donors (Lipinski definition) is 1. The van der Waals surface area contributed by atoms with E-state index in [1.54, 1.807) is 25.4 Å². The zero-order valence-corrected chi connectivity index (χ0v) is 12.0. The number of nitrogens with one attached hydrogen (secondary N) is 1. The third-order valence-electron chi connectivity index (χ3n) is 4.08. The Kier molecular flexibility index (Phi) is 3.73. The largest absolute Gasteiger partial charge is 0.338 e. The molecule has 0 radical (unpaired) electrons. The molecule has 1 aliphatic heterocycles. The summed E-state index contributed by atoms with van der Waals surface area (Å²) in [4.78, 5) is 14.1. The molecule has 1 aromatic heterocycles. The lowest BCUT2D eigenvalue weighted by Crippen LogP contribution is -2.28. The SMILES string of the molecule is Cc1ccc(CC2CCN(C(=O)c3cn[nH]c3)C2)cc1F. The topological polar surface area (TPSA) is 49.0 Å². The summed E-state index contributed by atoms with van der Waals surface area (Å²) < 4.78 is 13.6. The first-order chi connectivity index (χ1) is 10.1. The van der Waals surface area contributed by atoms with Gasteiger partial charge in [-0.15, -0.1) is 0 Å². The predicted molar refractivity (Wildman–Crippen MR) is 77.4 cm³/mol. The molecule has 0 aliphatic carbocycles. The minimum Gasteiger partial charge on any atom is -0.338 e. The van der Waals surface area contributed by atoms with Gasteiger partial charge in [-0.25, -0.2) is 4.39 Å². The van der Waals surface area contributed by atoms with Gasteiger partial charge >= 0.3 is 0 Å². The van der Waals surface area contributed by atoms with Crippen molar-refractivity contribution in [2.24, 2.45) is 5.92 Å². The molecule has 21 heavy (non-hydrogen) atoms. The lowest BCUT2D eigenvalue weighted by atomic mass is 9.98. The van der Waals surface area contributed by atoms with Crippen LogP contribution < -0.4 is 0 Å². The van der Waals surface area contributed by atoms with Gasteiger partial charge < -0.3 is 4.90 Å². The van der Waals surface area contributed by atoms with Crippen LogP contribution in [0.1, 0.15) is 27.9 Å². The maximum absolute atomic E-state index is 13.6. The van der Waals surface area contributed by atoms with Crippen LogP contribution in [0.2, 0.25) is 0 Å². The molecule has 1 aliphatic rings. The fraction of sp³-hybridized carbons (Fsp3) is 0.375. The third-order valence-corrected chi connectivity index (χ3v) is 4.08. The van der Waals surface area contributed by atoms with Gasteiger partial charge in [-0.05, 0) is 42.9 Å². The summed E-state index contributed by atoms with van der Waals surface area (Å²) in [6.45, 7) is 3.24. The quantitative estimate of drug-likeness (QED) is 0.943. The van der Waals surface area contributed by atoms with Crippen molar-refractivity contribution < 1.29 is 9.18 Å². The fourth-order valence-electron chi connectivity index (χ4n) is 2.83. The molecule has 1 aromatic carbocycles. The van der Waals surface area contributed by atoms with Crippen molar-refractivity contribution in [3.05, 3.63) is 53.1 Å². The van der Waals surface area contributed by atoms with Crippen molar-refractivity contribution in [2.45, 2.75) is 19.8 Å². The molecule has 1 saturated heterocycles. The molecule has 1 atom stereocenters. The molecule has 1 fully saturated rings. The molecule has 1 N–H and O–H groups in total. The standard InChI is InChI=1S/C16H18FN3O/c1-11-2-3-12(7-15(11)17)6-13-4-5-20(10-13)16(21)14-8-18-19-9-14/h2-3,7-9,13H,4-6,10H2,1H3,(H,18,19). The molecule has 1 unspecified atom stereocenters. The van der Waals surface area contributed by atoms with Crippen molar-refractivity contribution in [3.63, 3.8) is 0 Å². The second kappa shape index (κ2) is 5.68. The lowest BCUT2D eigenvalue weighted by molar-refractivity contribution is 0.0787. The number of hydrogen-bond acceptors (Lipinski definition) is 2. The predicted octanol–water partition coefficient (Wildman–Crippen LogP) is 2.56. The summed E-state index contributed by atoms with van der Waals surface area (Å²) in [6.07, 6.45) is 4.93. The van der Waals surface area contributed by atoms with Crippen molar-refractivity contribution in [3.8, 4) is 0 Å². The number of halogens is 1. The molecular weight excluding hydrogens is 269 g/mol. The van der Waals surface area contributed by atoms with Crippen LogP contribution in [0.3, 0.4) is 0 Å². The Hall–Kier alpha value is -2.17. The first-order valence-corrected chi connectivity index (χ1v) is 7.16. The van der Waals surface area contributed by atoms with E-state index >= 15 is 0 Å². The normalized spacial score (nSPS) is 18.2. The van der Waals surface area contributed by atoms with E-state index < -0.39 is 0 Å². The number of carbonyl (C=O) groups is 1. The van der Waals surface area contributed by atoms with Gasteiger partial charge in [0.2, 0.25) is 0 Å². The van der Waals surface area contributed by atoms with Crippen LogP contribution in [0, 0.1) is 18.7 Å². The summed E-state index contributed by atoms with van der Waals surface area (Å²) in [5, 5.41) is 6.46. The van der Waals surface area contributed by atoms with Crippen molar-refractivity contribution in [2.75, 3.05) is 13.1 Å². The third kappa shape index (κ3) is 2.96. The molecule has 0 spiro atoms. The molecule has 110 valence electrons. The molecule has 2 heterocycles. The Bertz CT molecular complexity index is 639. The number of H-pyrrole nitrogens is 1. The molecule has 5 heteroatoms. The zero-order chi connectivity index (χ0) is 14.8. The average Bonchev–Trinajstić information content (AvgIpc) is 3.13. The van der Waals surface area contributed by atoms with Gasteiger partial charge in [0.05, 0.1) is 11.8 Å². The summed E-state index contributed by atoms with van der Waals surface area (Å²) in [6, 6.07) is 5.39. The van der Waals surface area contributed by atoms with Gasteiger partial charge in [-0.1, -0.05) is 12.1 Å². The molecule has 2 aromatic rings. The highest BCUT2D eigenvalue weighted by Crippen LogP contribution is 2.23. The summed E-state index contributed by atoms with van der Waals surface area (Å²) in [5.74, 6) is 0.251. The molecular formula is C16H18FN3O. The monoisotopic (exact) mass is 287 g/mol. The van der Waals surface area contributed by atoms with Crippen molar-refractivity contribution >= 4 is 5.91 Å². The maximum Gasteiger partial charge on any atom is 0.257 e. The van der Waals surface area contributed by atoms with E-state index in [-0.39, 0.29) is 11.7 Å². The Morgan fingerprint density at radius 3 is 3.10 bits per heavy atom. The number of rotatable bonds is 3. The van der Waals surface area contributed by atoms with E-state index in [9.17, 15) is 9.18 Å². The number of aryl methyl sites for hydroxylation is 1. The number of carbonyl (C=O) groups excluding carboxylic acids is 1. The maximum atomic E-state index is 13.6. The molecule has 3 rings (SSSR count). The van der Waals surface area contributed by atoms with Gasteiger partial charge in [-0.2, -0.15) is 5.10 Å². The smallest absolute Gasteiger partial charge is 0.257 e. The molecule has 1 amide bonds. The van der Waals surface area contributed by atoms with E-state index in [1.165, 1.54) is 0 Å². The van der Waals surface area contributed by atoms with Gasteiger partial charge in [-0.3, -0.25) is 9.89 Å². The van der Waals surface area contributed by atoms with Gasteiger partial charge in [0, 0.05) is 19.3 Å². The molecule has 4 nitrogen and oxygen atoms in total. The molecule has 0 bridgehead atoms. The van der Waals surface area contributed by atoms with Gasteiger partial charge in [0.1, 0.15) is 5.82 Å². The second-order valence-corrected chi connectivity index (χ2v) is 5.68. The molecule has 0 saturated carbocycles. The number of likely N-dealkylation sites (tertiary alicyclic amines) is 1. The van der Waals surface area contributed by atoms with Crippen LogP contribution in [0.15, 0.2) is 30.6 Å². The highest BCUT2D eigenvalue weighted by molar-refractivity contribution is 5.93. The van der Waals surface area contributed by atoms with Crippen LogP contribution in [0.25, 0.3) is 0 Å². The minimum absolute atomic E-state index is 0.0151. The first kappa shape index (κ1) is 13.8. The Labute approximate surface area is 123 Å². The summed E-state index contributed by atoms with van der Waals surface area (Å²) in [7, 11) is 0. The Morgan fingerprint density at radius 2 is 2.38 bits per heavy atom.